The van der Waals surface area contributed by atoms with Crippen LogP contribution in [0.4, 0.5) is 0 Å². The minimum atomic E-state index is -1.05. The van der Waals surface area contributed by atoms with E-state index in [9.17, 15) is 4.79 Å². The van der Waals surface area contributed by atoms with E-state index in [1.807, 2.05) is 0 Å². The van der Waals surface area contributed by atoms with Gasteiger partial charge in [-0.1, -0.05) is 90.4 Å². The highest BCUT2D eigenvalue weighted by Gasteiger charge is 2.07. The van der Waals surface area contributed by atoms with Gasteiger partial charge < -0.3 is 57.6 Å². The van der Waals surface area contributed by atoms with Gasteiger partial charge in [-0.05, 0) is 6.42 Å². The maximum Gasteiger partial charge on any atom is 0.308 e. The molecule has 0 spiro atoms. The first kappa shape index (κ1) is 50.0. The van der Waals surface area contributed by atoms with Crippen molar-refractivity contribution in [2.24, 2.45) is 0 Å². The van der Waals surface area contributed by atoms with E-state index in [1.54, 1.807) is 0 Å². The van der Waals surface area contributed by atoms with Crippen LogP contribution in [0, 0.1) is 0 Å². The van der Waals surface area contributed by atoms with Crippen molar-refractivity contribution in [3.63, 3.8) is 0 Å². The van der Waals surface area contributed by atoms with Crippen LogP contribution in [-0.4, -0.2) is 154 Å². The molecule has 0 aromatic rings. The summed E-state index contributed by atoms with van der Waals surface area (Å²) >= 11 is 0. The van der Waals surface area contributed by atoms with Crippen molar-refractivity contribution in [1.82, 2.24) is 0 Å². The predicted octanol–water partition coefficient (Wildman–Crippen LogP) is 4.90. The standard InChI is InChI=1S/C38H76O13/c1-2-3-4-5-6-7-8-9-10-11-12-13-14-15-17-42-19-21-44-23-25-46-27-29-48-31-33-50-34-32-49-30-28-47-26-24-45-22-20-43-18-16-38(41)51-36-37(40)35-39/h37,39-40H,2-36H2,1H3. The maximum atomic E-state index is 11.4. The molecular weight excluding hydrogens is 664 g/mol. The second kappa shape index (κ2) is 45.2. The third-order valence-corrected chi connectivity index (χ3v) is 7.72. The van der Waals surface area contributed by atoms with E-state index in [4.69, 9.17) is 57.6 Å². The molecule has 0 bridgehead atoms. The summed E-state index contributed by atoms with van der Waals surface area (Å²) in [5, 5.41) is 17.8. The molecule has 13 heteroatoms. The van der Waals surface area contributed by atoms with Gasteiger partial charge in [-0.25, -0.2) is 0 Å². The minimum Gasteiger partial charge on any atom is -0.463 e. The second-order valence-electron chi connectivity index (χ2n) is 12.4. The first-order chi connectivity index (χ1) is 25.2. The molecule has 0 aromatic carbocycles. The minimum absolute atomic E-state index is 0.0724. The summed E-state index contributed by atoms with van der Waals surface area (Å²) < 4.78 is 54.1. The Hall–Kier alpha value is -0.970. The Kier molecular flexibility index (Phi) is 44.3. The second-order valence-corrected chi connectivity index (χ2v) is 12.4. The molecule has 1 atom stereocenters. The zero-order valence-corrected chi connectivity index (χ0v) is 32.2. The van der Waals surface area contributed by atoms with E-state index < -0.39 is 18.7 Å². The quantitative estimate of drug-likeness (QED) is 0.0644. The van der Waals surface area contributed by atoms with Gasteiger partial charge in [-0.2, -0.15) is 0 Å². The van der Waals surface area contributed by atoms with Crippen LogP contribution in [0.15, 0.2) is 0 Å². The number of carbonyl (C=O) groups is 1. The lowest BCUT2D eigenvalue weighted by Crippen LogP contribution is -2.22. The summed E-state index contributed by atoms with van der Waals surface area (Å²) in [6.07, 6.45) is 18.2. The van der Waals surface area contributed by atoms with E-state index in [-0.39, 0.29) is 19.6 Å². The summed E-state index contributed by atoms with van der Waals surface area (Å²) in [5.74, 6) is -0.490. The lowest BCUT2D eigenvalue weighted by molar-refractivity contribution is -0.148. The Labute approximate surface area is 309 Å². The molecule has 0 amide bonds. The highest BCUT2D eigenvalue weighted by molar-refractivity contribution is 5.69. The van der Waals surface area contributed by atoms with Gasteiger partial charge in [-0.3, -0.25) is 4.79 Å². The Bertz CT molecular complexity index is 659. The third kappa shape index (κ3) is 45.1. The normalized spacial score (nSPS) is 12.1. The van der Waals surface area contributed by atoms with E-state index in [2.05, 4.69) is 6.92 Å². The van der Waals surface area contributed by atoms with Crippen LogP contribution in [0.25, 0.3) is 0 Å². The van der Waals surface area contributed by atoms with Crippen LogP contribution < -0.4 is 0 Å². The summed E-state index contributed by atoms with van der Waals surface area (Å²) in [6, 6.07) is 0. The van der Waals surface area contributed by atoms with Gasteiger partial charge in [0.1, 0.15) is 12.7 Å². The van der Waals surface area contributed by atoms with E-state index in [1.165, 1.54) is 83.5 Å². The zero-order chi connectivity index (χ0) is 37.0. The molecule has 51 heavy (non-hydrogen) atoms. The largest absolute Gasteiger partial charge is 0.463 e. The van der Waals surface area contributed by atoms with Crippen molar-refractivity contribution in [3.05, 3.63) is 0 Å². The van der Waals surface area contributed by atoms with Crippen LogP contribution in [0.2, 0.25) is 0 Å². The molecule has 0 fully saturated rings. The van der Waals surface area contributed by atoms with Gasteiger partial charge >= 0.3 is 5.97 Å². The number of ether oxygens (including phenoxy) is 10. The Morgan fingerprint density at radius 3 is 1.00 bits per heavy atom. The molecule has 0 radical (unpaired) electrons. The lowest BCUT2D eigenvalue weighted by Gasteiger charge is -2.09. The van der Waals surface area contributed by atoms with Crippen LogP contribution >= 0.6 is 0 Å². The fourth-order valence-electron chi connectivity index (χ4n) is 4.73. The number of hydrogen-bond acceptors (Lipinski definition) is 13. The maximum absolute atomic E-state index is 11.4. The van der Waals surface area contributed by atoms with Crippen molar-refractivity contribution in [1.29, 1.82) is 0 Å². The van der Waals surface area contributed by atoms with Crippen LogP contribution in [0.1, 0.15) is 103 Å². The fraction of sp³-hybridized carbons (Fsp3) is 0.974. The molecule has 0 aromatic heterocycles. The van der Waals surface area contributed by atoms with Gasteiger partial charge in [0.05, 0.1) is 125 Å². The van der Waals surface area contributed by atoms with E-state index >= 15 is 0 Å². The number of aliphatic hydroxyl groups is 2. The first-order valence-electron chi connectivity index (χ1n) is 19.8. The van der Waals surface area contributed by atoms with Crippen LogP contribution in [0.3, 0.4) is 0 Å². The van der Waals surface area contributed by atoms with Crippen molar-refractivity contribution in [2.75, 3.05) is 132 Å². The van der Waals surface area contributed by atoms with Crippen molar-refractivity contribution >= 4 is 5.97 Å². The number of aliphatic hydroxyl groups excluding tert-OH is 2. The Balaban J connectivity index is 3.09. The van der Waals surface area contributed by atoms with E-state index in [0.717, 1.165) is 13.0 Å². The molecule has 2 N–H and O–H groups in total. The molecule has 0 heterocycles. The van der Waals surface area contributed by atoms with Gasteiger partial charge in [0.25, 0.3) is 0 Å². The van der Waals surface area contributed by atoms with E-state index in [0.29, 0.717) is 106 Å². The van der Waals surface area contributed by atoms with Gasteiger partial charge in [0.2, 0.25) is 0 Å². The van der Waals surface area contributed by atoms with Crippen molar-refractivity contribution in [2.45, 2.75) is 109 Å². The number of esters is 1. The van der Waals surface area contributed by atoms with Gasteiger partial charge in [0.15, 0.2) is 0 Å². The monoisotopic (exact) mass is 741 g/mol. The molecule has 0 saturated heterocycles. The summed E-state index contributed by atoms with van der Waals surface area (Å²) in [6.45, 7) is 10.6. The number of carbonyl (C=O) groups excluding carboxylic acids is 1. The molecule has 0 rings (SSSR count). The van der Waals surface area contributed by atoms with Gasteiger partial charge in [-0.15, -0.1) is 0 Å². The lowest BCUT2D eigenvalue weighted by atomic mass is 10.0. The average molecular weight is 741 g/mol. The topological polar surface area (TPSA) is 150 Å². The SMILES string of the molecule is CCCCCCCCCCCCCCCCOCCOCCOCCOCCOCCOCCOCCOCCOCCC(=O)OCC(O)CO. The molecular formula is C38H76O13. The molecule has 0 aliphatic carbocycles. The number of hydrogen-bond donors (Lipinski definition) is 2. The molecule has 0 aliphatic heterocycles. The smallest absolute Gasteiger partial charge is 0.308 e. The average Bonchev–Trinajstić information content (AvgIpc) is 3.14. The highest BCUT2D eigenvalue weighted by atomic mass is 16.6. The third-order valence-electron chi connectivity index (χ3n) is 7.72. The van der Waals surface area contributed by atoms with Crippen molar-refractivity contribution < 1.29 is 62.4 Å². The Morgan fingerprint density at radius 2 is 0.686 bits per heavy atom. The summed E-state index contributed by atoms with van der Waals surface area (Å²) in [7, 11) is 0. The highest BCUT2D eigenvalue weighted by Crippen LogP contribution is 2.13. The Morgan fingerprint density at radius 1 is 0.412 bits per heavy atom. The van der Waals surface area contributed by atoms with Crippen molar-refractivity contribution in [3.8, 4) is 0 Å². The zero-order valence-electron chi connectivity index (χ0n) is 32.2. The number of rotatable bonds is 45. The van der Waals surface area contributed by atoms with Gasteiger partial charge in [0, 0.05) is 6.61 Å². The molecule has 306 valence electrons. The molecule has 1 unspecified atom stereocenters. The predicted molar refractivity (Wildman–Crippen MR) is 196 cm³/mol. The molecule has 13 nitrogen and oxygen atoms in total. The fourth-order valence-corrected chi connectivity index (χ4v) is 4.73. The summed E-state index contributed by atoms with van der Waals surface area (Å²) in [4.78, 5) is 11.4. The number of unbranched alkanes of at least 4 members (excludes halogenated alkanes) is 13. The first-order valence-corrected chi connectivity index (χ1v) is 19.8. The molecule has 0 saturated carbocycles. The van der Waals surface area contributed by atoms with Crippen LogP contribution in [0.5, 0.6) is 0 Å². The van der Waals surface area contributed by atoms with Crippen LogP contribution in [-0.2, 0) is 52.2 Å². The summed E-state index contributed by atoms with van der Waals surface area (Å²) in [5.41, 5.74) is 0. The molecule has 0 aliphatic rings.